The zero-order valence-corrected chi connectivity index (χ0v) is 8.40. The summed E-state index contributed by atoms with van der Waals surface area (Å²) in [5, 5.41) is 0. The maximum Gasteiger partial charge on any atom is 0.137 e. The molecular weight excluding hydrogens is 172 g/mol. The van der Waals surface area contributed by atoms with E-state index in [9.17, 15) is 4.79 Å². The smallest absolute Gasteiger partial charge is 0.137 e. The van der Waals surface area contributed by atoms with Crippen LogP contribution in [-0.4, -0.2) is 24.6 Å². The van der Waals surface area contributed by atoms with Crippen LogP contribution in [0.3, 0.4) is 0 Å². The molecular formula is C8H18N2OS. The number of nitrogens with one attached hydrogen (secondary N) is 1. The molecule has 72 valence electrons. The fourth-order valence-corrected chi connectivity index (χ4v) is 1.41. The first-order valence-electron chi connectivity index (χ1n) is 4.37. The van der Waals surface area contributed by atoms with Crippen LogP contribution in [0.5, 0.6) is 0 Å². The Hall–Kier alpha value is -0.0600. The summed E-state index contributed by atoms with van der Waals surface area (Å²) in [6, 6.07) is 0.00139. The van der Waals surface area contributed by atoms with Gasteiger partial charge in [-0.05, 0) is 19.4 Å². The predicted molar refractivity (Wildman–Crippen MR) is 54.0 cm³/mol. The maximum atomic E-state index is 10.5. The van der Waals surface area contributed by atoms with Crippen molar-refractivity contribution in [1.29, 1.82) is 0 Å². The highest BCUT2D eigenvalue weighted by molar-refractivity contribution is 7.97. The largest absolute Gasteiger partial charge is 0.330 e. The number of aldehydes is 1. The third-order valence-corrected chi connectivity index (χ3v) is 2.27. The lowest BCUT2D eigenvalue weighted by molar-refractivity contribution is -0.109. The Balaban J connectivity index is 3.32. The molecule has 0 spiro atoms. The summed E-state index contributed by atoms with van der Waals surface area (Å²) in [6.07, 6.45) is 3.90. The molecule has 0 saturated heterocycles. The Morgan fingerprint density at radius 3 is 2.83 bits per heavy atom. The van der Waals surface area contributed by atoms with Crippen LogP contribution < -0.4 is 10.5 Å². The minimum Gasteiger partial charge on any atom is -0.330 e. The summed E-state index contributed by atoms with van der Waals surface area (Å²) in [6.45, 7) is 2.77. The number of rotatable bonds is 8. The third-order valence-electron chi connectivity index (χ3n) is 1.51. The van der Waals surface area contributed by atoms with Gasteiger partial charge < -0.3 is 10.5 Å². The van der Waals surface area contributed by atoms with Gasteiger partial charge in [0.1, 0.15) is 6.29 Å². The van der Waals surface area contributed by atoms with Crippen LogP contribution in [-0.2, 0) is 4.79 Å². The van der Waals surface area contributed by atoms with Crippen LogP contribution in [0.1, 0.15) is 26.2 Å². The van der Waals surface area contributed by atoms with Crippen LogP contribution >= 0.6 is 11.9 Å². The summed E-state index contributed by atoms with van der Waals surface area (Å²) in [4.78, 5) is 10.5. The Kier molecular flexibility index (Phi) is 8.99. The van der Waals surface area contributed by atoms with Gasteiger partial charge in [0.2, 0.25) is 0 Å². The van der Waals surface area contributed by atoms with E-state index in [0.29, 0.717) is 6.54 Å². The van der Waals surface area contributed by atoms with Gasteiger partial charge in [-0.25, -0.2) is 0 Å². The lowest BCUT2D eigenvalue weighted by Gasteiger charge is -2.09. The molecule has 0 amide bonds. The number of hydrogen-bond acceptors (Lipinski definition) is 4. The van der Waals surface area contributed by atoms with Crippen molar-refractivity contribution in [2.75, 3.05) is 12.3 Å². The Morgan fingerprint density at radius 1 is 1.58 bits per heavy atom. The van der Waals surface area contributed by atoms with E-state index in [-0.39, 0.29) is 6.04 Å². The van der Waals surface area contributed by atoms with Crippen molar-refractivity contribution in [3.8, 4) is 0 Å². The molecule has 0 aliphatic heterocycles. The maximum absolute atomic E-state index is 10.5. The Labute approximate surface area is 78.6 Å². The topological polar surface area (TPSA) is 55.1 Å². The van der Waals surface area contributed by atoms with Crippen molar-refractivity contribution in [2.45, 2.75) is 32.2 Å². The number of carbonyl (C=O) groups is 1. The van der Waals surface area contributed by atoms with Gasteiger partial charge >= 0.3 is 0 Å². The molecule has 0 aromatic carbocycles. The van der Waals surface area contributed by atoms with E-state index in [2.05, 4.69) is 11.6 Å². The quantitative estimate of drug-likeness (QED) is 0.340. The van der Waals surface area contributed by atoms with E-state index < -0.39 is 0 Å². The molecule has 0 rings (SSSR count). The number of unbranched alkanes of at least 4 members (excludes halogenated alkanes) is 1. The van der Waals surface area contributed by atoms with Crippen molar-refractivity contribution in [1.82, 2.24) is 4.72 Å². The van der Waals surface area contributed by atoms with E-state index in [4.69, 9.17) is 5.73 Å². The summed E-state index contributed by atoms with van der Waals surface area (Å²) in [5.41, 5.74) is 5.34. The molecule has 0 radical (unpaired) electrons. The van der Waals surface area contributed by atoms with Gasteiger partial charge in [0.25, 0.3) is 0 Å². The van der Waals surface area contributed by atoms with Crippen molar-refractivity contribution in [2.24, 2.45) is 5.73 Å². The van der Waals surface area contributed by atoms with Crippen molar-refractivity contribution >= 4 is 18.2 Å². The Morgan fingerprint density at radius 2 is 2.33 bits per heavy atom. The molecule has 0 unspecified atom stereocenters. The highest BCUT2D eigenvalue weighted by atomic mass is 32.2. The van der Waals surface area contributed by atoms with Crippen LogP contribution in [0, 0.1) is 0 Å². The normalized spacial score (nSPS) is 12.8. The molecule has 4 heteroatoms. The van der Waals surface area contributed by atoms with Crippen molar-refractivity contribution < 1.29 is 4.79 Å². The Bertz CT molecular complexity index is 111. The predicted octanol–water partition coefficient (Wildman–Crippen LogP) is 0.941. The van der Waals surface area contributed by atoms with Crippen LogP contribution in [0.25, 0.3) is 0 Å². The first kappa shape index (κ1) is 11.9. The molecule has 1 atom stereocenters. The van der Waals surface area contributed by atoms with Gasteiger partial charge in [0.15, 0.2) is 0 Å². The van der Waals surface area contributed by atoms with Gasteiger partial charge in [-0.2, -0.15) is 0 Å². The van der Waals surface area contributed by atoms with E-state index in [1.54, 1.807) is 11.9 Å². The second kappa shape index (κ2) is 9.03. The summed E-state index contributed by atoms with van der Waals surface area (Å²) < 4.78 is 3.09. The molecule has 0 bridgehead atoms. The molecule has 0 heterocycles. The molecule has 3 nitrogen and oxygen atoms in total. The first-order chi connectivity index (χ1) is 5.85. The standard InChI is InChI=1S/C8H18N2OS/c1-2-12-10-8(7-11)5-3-4-6-9/h7-8,10H,2-6,9H2,1H3/t8-/m0/s1. The number of hydrogen-bond donors (Lipinski definition) is 2. The van der Waals surface area contributed by atoms with Crippen LogP contribution in [0.4, 0.5) is 0 Å². The summed E-state index contributed by atoms with van der Waals surface area (Å²) >= 11 is 1.59. The second-order valence-electron chi connectivity index (χ2n) is 2.58. The number of nitrogens with two attached hydrogens (primary N) is 1. The van der Waals surface area contributed by atoms with Gasteiger partial charge in [-0.15, -0.1) is 0 Å². The van der Waals surface area contributed by atoms with Gasteiger partial charge in [0.05, 0.1) is 6.04 Å². The third kappa shape index (κ3) is 6.64. The van der Waals surface area contributed by atoms with E-state index in [1.807, 2.05) is 0 Å². The monoisotopic (exact) mass is 190 g/mol. The van der Waals surface area contributed by atoms with Gasteiger partial charge in [-0.3, -0.25) is 4.72 Å². The van der Waals surface area contributed by atoms with Crippen molar-refractivity contribution in [3.05, 3.63) is 0 Å². The molecule has 12 heavy (non-hydrogen) atoms. The van der Waals surface area contributed by atoms with E-state index >= 15 is 0 Å². The molecule has 0 aromatic rings. The number of carbonyl (C=O) groups excluding carboxylic acids is 1. The summed E-state index contributed by atoms with van der Waals surface area (Å²) in [5.74, 6) is 0.987. The zero-order valence-electron chi connectivity index (χ0n) is 7.58. The molecule has 0 aliphatic carbocycles. The fourth-order valence-electron chi connectivity index (χ4n) is 0.854. The average Bonchev–Trinajstić information content (AvgIpc) is 2.11. The first-order valence-corrected chi connectivity index (χ1v) is 5.36. The second-order valence-corrected chi connectivity index (χ2v) is 3.68. The zero-order chi connectivity index (χ0) is 9.23. The lowest BCUT2D eigenvalue weighted by atomic mass is 10.1. The van der Waals surface area contributed by atoms with Gasteiger partial charge in [0, 0.05) is 5.75 Å². The van der Waals surface area contributed by atoms with E-state index in [1.165, 1.54) is 0 Å². The molecule has 0 aromatic heterocycles. The molecule has 0 saturated carbocycles. The minimum atomic E-state index is 0.00139. The molecule has 0 fully saturated rings. The molecule has 0 aliphatic rings. The van der Waals surface area contributed by atoms with Crippen LogP contribution in [0.15, 0.2) is 0 Å². The molecule has 3 N–H and O–H groups in total. The lowest BCUT2D eigenvalue weighted by Crippen LogP contribution is -2.24. The fraction of sp³-hybridized carbons (Fsp3) is 0.875. The highest BCUT2D eigenvalue weighted by Gasteiger charge is 2.04. The average molecular weight is 190 g/mol. The van der Waals surface area contributed by atoms with E-state index in [0.717, 1.165) is 31.3 Å². The SMILES string of the molecule is CCSN[C@H](C=O)CCCCN. The van der Waals surface area contributed by atoms with Crippen LogP contribution in [0.2, 0.25) is 0 Å². The summed E-state index contributed by atoms with van der Waals surface area (Å²) in [7, 11) is 0. The highest BCUT2D eigenvalue weighted by Crippen LogP contribution is 2.02. The minimum absolute atomic E-state index is 0.00139. The van der Waals surface area contributed by atoms with Gasteiger partial charge in [-0.1, -0.05) is 25.3 Å². The van der Waals surface area contributed by atoms with Crippen molar-refractivity contribution in [3.63, 3.8) is 0 Å².